The van der Waals surface area contributed by atoms with Crippen LogP contribution in [-0.2, 0) is 0 Å². The number of anilines is 1. The number of nitrogens with two attached hydrogens (primary N) is 2. The summed E-state index contributed by atoms with van der Waals surface area (Å²) in [6, 6.07) is 7.30. The maximum Gasteiger partial charge on any atom is 0.251 e. The van der Waals surface area contributed by atoms with E-state index in [2.05, 4.69) is 10.1 Å². The van der Waals surface area contributed by atoms with E-state index < -0.39 is 5.91 Å². The summed E-state index contributed by atoms with van der Waals surface area (Å²) in [6.07, 6.45) is 4.68. The van der Waals surface area contributed by atoms with Crippen LogP contribution in [0.1, 0.15) is 10.4 Å². The van der Waals surface area contributed by atoms with E-state index in [1.807, 2.05) is 18.2 Å². The van der Waals surface area contributed by atoms with Gasteiger partial charge in [-0.15, -0.1) is 0 Å². The molecule has 0 saturated carbocycles. The Morgan fingerprint density at radius 2 is 2.11 bits per heavy atom. The quantitative estimate of drug-likeness (QED) is 0.668. The topological polar surface area (TPSA) is 99.8 Å². The molecule has 3 aromatic rings. The molecule has 0 aliphatic carbocycles. The van der Waals surface area contributed by atoms with Crippen LogP contribution in [0.15, 0.2) is 42.9 Å². The van der Waals surface area contributed by atoms with E-state index in [0.29, 0.717) is 11.3 Å². The zero-order valence-electron chi connectivity index (χ0n) is 9.95. The van der Waals surface area contributed by atoms with E-state index in [0.717, 1.165) is 16.6 Å². The molecule has 4 N–H and O–H groups in total. The molecule has 2 aromatic heterocycles. The van der Waals surface area contributed by atoms with Crippen molar-refractivity contribution in [2.45, 2.75) is 0 Å². The van der Waals surface area contributed by atoms with Gasteiger partial charge in [-0.25, -0.2) is 4.68 Å². The van der Waals surface area contributed by atoms with E-state index in [1.54, 1.807) is 23.1 Å². The highest BCUT2D eigenvalue weighted by Gasteiger charge is 2.10. The van der Waals surface area contributed by atoms with Crippen LogP contribution in [0.5, 0.6) is 0 Å². The summed E-state index contributed by atoms with van der Waals surface area (Å²) in [5.74, 6) is -0.515. The molecular weight excluding hydrogens is 242 g/mol. The first-order valence-electron chi connectivity index (χ1n) is 5.65. The normalized spacial score (nSPS) is 10.7. The minimum Gasteiger partial charge on any atom is -0.398 e. The third kappa shape index (κ3) is 1.79. The van der Waals surface area contributed by atoms with Crippen LogP contribution in [0.25, 0.3) is 16.6 Å². The van der Waals surface area contributed by atoms with Crippen molar-refractivity contribution in [2.24, 2.45) is 5.73 Å². The summed E-state index contributed by atoms with van der Waals surface area (Å²) in [5, 5.41) is 4.97. The van der Waals surface area contributed by atoms with Gasteiger partial charge in [0.25, 0.3) is 5.91 Å². The highest BCUT2D eigenvalue weighted by atomic mass is 16.1. The van der Waals surface area contributed by atoms with Crippen molar-refractivity contribution in [2.75, 3.05) is 5.73 Å². The fourth-order valence-corrected chi connectivity index (χ4v) is 1.95. The van der Waals surface area contributed by atoms with Crippen LogP contribution >= 0.6 is 0 Å². The van der Waals surface area contributed by atoms with Crippen LogP contribution < -0.4 is 11.5 Å². The number of hydrogen-bond acceptors (Lipinski definition) is 4. The number of nitrogen functional groups attached to an aromatic ring is 1. The van der Waals surface area contributed by atoms with Crippen molar-refractivity contribution in [3.8, 4) is 5.69 Å². The van der Waals surface area contributed by atoms with E-state index in [1.165, 1.54) is 6.20 Å². The molecule has 1 amide bonds. The van der Waals surface area contributed by atoms with Crippen LogP contribution in [0, 0.1) is 0 Å². The number of aromatic nitrogens is 3. The number of primary amides is 1. The molecule has 6 heteroatoms. The Hall–Kier alpha value is -2.89. The number of carbonyl (C=O) groups excluding carboxylic acids is 1. The number of rotatable bonds is 2. The summed E-state index contributed by atoms with van der Waals surface area (Å²) < 4.78 is 1.56. The molecule has 0 aliphatic rings. The first-order valence-corrected chi connectivity index (χ1v) is 5.65. The van der Waals surface area contributed by atoms with Crippen molar-refractivity contribution in [1.29, 1.82) is 0 Å². The monoisotopic (exact) mass is 253 g/mol. The smallest absolute Gasteiger partial charge is 0.251 e. The van der Waals surface area contributed by atoms with Crippen LogP contribution in [0.4, 0.5) is 5.69 Å². The fourth-order valence-electron chi connectivity index (χ4n) is 1.95. The SMILES string of the molecule is NC(=O)c1cnn(-c2ccc(N)c3cccnc23)c1. The van der Waals surface area contributed by atoms with Gasteiger partial charge in [0.2, 0.25) is 0 Å². The summed E-state index contributed by atoms with van der Waals surface area (Å²) >= 11 is 0. The molecule has 0 spiro atoms. The summed E-state index contributed by atoms with van der Waals surface area (Å²) in [5.41, 5.74) is 13.6. The van der Waals surface area contributed by atoms with Gasteiger partial charge in [-0.05, 0) is 24.3 Å². The number of carbonyl (C=O) groups is 1. The second-order valence-electron chi connectivity index (χ2n) is 4.11. The zero-order chi connectivity index (χ0) is 13.4. The average molecular weight is 253 g/mol. The Kier molecular flexibility index (Phi) is 2.42. The van der Waals surface area contributed by atoms with Gasteiger partial charge in [-0.1, -0.05) is 0 Å². The number of hydrogen-bond donors (Lipinski definition) is 2. The van der Waals surface area contributed by atoms with Crippen LogP contribution in [-0.4, -0.2) is 20.7 Å². The van der Waals surface area contributed by atoms with Gasteiger partial charge in [0, 0.05) is 23.5 Å². The van der Waals surface area contributed by atoms with E-state index in [-0.39, 0.29) is 0 Å². The number of fused-ring (bicyclic) bond motifs is 1. The molecule has 0 atom stereocenters. The van der Waals surface area contributed by atoms with Crippen molar-refractivity contribution < 1.29 is 4.79 Å². The molecule has 2 heterocycles. The van der Waals surface area contributed by atoms with Crippen molar-refractivity contribution in [3.63, 3.8) is 0 Å². The Bertz CT molecular complexity index is 778. The largest absolute Gasteiger partial charge is 0.398 e. The second-order valence-corrected chi connectivity index (χ2v) is 4.11. The predicted octanol–water partition coefficient (Wildman–Crippen LogP) is 1.10. The summed E-state index contributed by atoms with van der Waals surface area (Å²) in [7, 11) is 0. The maximum absolute atomic E-state index is 11.1. The van der Waals surface area contributed by atoms with Gasteiger partial charge < -0.3 is 11.5 Å². The van der Waals surface area contributed by atoms with Crippen LogP contribution in [0.2, 0.25) is 0 Å². The fraction of sp³-hybridized carbons (Fsp3) is 0. The molecule has 0 bridgehead atoms. The Balaban J connectivity index is 2.24. The average Bonchev–Trinajstić information content (AvgIpc) is 2.89. The van der Waals surface area contributed by atoms with Gasteiger partial charge in [-0.3, -0.25) is 9.78 Å². The zero-order valence-corrected chi connectivity index (χ0v) is 9.95. The molecule has 0 fully saturated rings. The molecule has 0 aliphatic heterocycles. The van der Waals surface area contributed by atoms with Gasteiger partial charge in [0.15, 0.2) is 0 Å². The second kappa shape index (κ2) is 4.09. The van der Waals surface area contributed by atoms with E-state index >= 15 is 0 Å². The van der Waals surface area contributed by atoms with Crippen molar-refractivity contribution >= 4 is 22.5 Å². The molecule has 94 valence electrons. The first-order chi connectivity index (χ1) is 9.16. The molecule has 0 radical (unpaired) electrons. The minimum absolute atomic E-state index is 0.348. The predicted molar refractivity (Wildman–Crippen MR) is 71.8 cm³/mol. The Morgan fingerprint density at radius 1 is 1.26 bits per heavy atom. The third-order valence-corrected chi connectivity index (χ3v) is 2.90. The number of pyridine rings is 1. The Morgan fingerprint density at radius 3 is 2.84 bits per heavy atom. The molecular formula is C13H11N5O. The molecule has 0 unspecified atom stereocenters. The minimum atomic E-state index is -0.515. The lowest BCUT2D eigenvalue weighted by Crippen LogP contribution is -2.09. The first kappa shape index (κ1) is 11.2. The van der Waals surface area contributed by atoms with Gasteiger partial charge in [-0.2, -0.15) is 5.10 Å². The Labute approximate surface area is 108 Å². The van der Waals surface area contributed by atoms with E-state index in [4.69, 9.17) is 11.5 Å². The number of nitrogens with zero attached hydrogens (tertiary/aromatic N) is 3. The van der Waals surface area contributed by atoms with Crippen molar-refractivity contribution in [1.82, 2.24) is 14.8 Å². The highest BCUT2D eigenvalue weighted by Crippen LogP contribution is 2.24. The van der Waals surface area contributed by atoms with Crippen molar-refractivity contribution in [3.05, 3.63) is 48.4 Å². The molecule has 1 aromatic carbocycles. The van der Waals surface area contributed by atoms with Gasteiger partial charge in [0.05, 0.1) is 23.0 Å². The van der Waals surface area contributed by atoms with Crippen LogP contribution in [0.3, 0.4) is 0 Å². The van der Waals surface area contributed by atoms with Gasteiger partial charge >= 0.3 is 0 Å². The molecule has 3 rings (SSSR count). The number of benzene rings is 1. The summed E-state index contributed by atoms with van der Waals surface area (Å²) in [6.45, 7) is 0. The lowest BCUT2D eigenvalue weighted by molar-refractivity contribution is 0.100. The molecule has 6 nitrogen and oxygen atoms in total. The van der Waals surface area contributed by atoms with E-state index in [9.17, 15) is 4.79 Å². The standard InChI is InChI=1S/C13H11N5O/c14-10-3-4-11(12-9(10)2-1-5-16-12)18-7-8(6-17-18)13(15)19/h1-7H,14H2,(H2,15,19). The molecule has 0 saturated heterocycles. The highest BCUT2D eigenvalue weighted by molar-refractivity contribution is 5.96. The van der Waals surface area contributed by atoms with Gasteiger partial charge in [0.1, 0.15) is 0 Å². The lowest BCUT2D eigenvalue weighted by Gasteiger charge is -2.07. The lowest BCUT2D eigenvalue weighted by atomic mass is 10.1. The number of amides is 1. The third-order valence-electron chi connectivity index (χ3n) is 2.90. The maximum atomic E-state index is 11.1. The summed E-state index contributed by atoms with van der Waals surface area (Å²) in [4.78, 5) is 15.4. The molecule has 19 heavy (non-hydrogen) atoms.